The molecule has 2 aromatic carbocycles. The van der Waals surface area contributed by atoms with E-state index < -0.39 is 34.9 Å². The Bertz CT molecular complexity index is 1170. The van der Waals surface area contributed by atoms with Gasteiger partial charge in [-0.05, 0) is 23.8 Å². The number of aliphatic hydroxyl groups excluding tert-OH is 1. The molecule has 3 N–H and O–H groups in total. The lowest BCUT2D eigenvalue weighted by atomic mass is 9.97. The van der Waals surface area contributed by atoms with Crippen molar-refractivity contribution in [3.05, 3.63) is 62.6 Å². The maximum atomic E-state index is 13.9. The van der Waals surface area contributed by atoms with Gasteiger partial charge in [-0.2, -0.15) is 13.2 Å². The number of aromatic amines is 2. The number of hydrogen-bond acceptors (Lipinski definition) is 5. The van der Waals surface area contributed by atoms with Crippen LogP contribution in [0, 0.1) is 5.82 Å². The Morgan fingerprint density at radius 3 is 2.40 bits per heavy atom. The Morgan fingerprint density at radius 1 is 1.17 bits per heavy atom. The fraction of sp³-hybridized carbons (Fsp3) is 0.263. The summed E-state index contributed by atoms with van der Waals surface area (Å²) >= 11 is 0.879. The second-order valence-electron chi connectivity index (χ2n) is 6.32. The van der Waals surface area contributed by atoms with E-state index in [0.29, 0.717) is 6.07 Å². The molecule has 3 aromatic rings. The van der Waals surface area contributed by atoms with E-state index in [1.807, 2.05) is 4.98 Å². The van der Waals surface area contributed by atoms with Crippen molar-refractivity contribution in [3.8, 4) is 11.1 Å². The standard InChI is InChI=1S/C19H16F4N2O4S/c1-29-11(7-26)8-30-16-14(9-2-4-10(20)5-3-9)13(19(21,22)23)6-12-15(16)24-18(28)25-17(12)27/h2-6,11,26H,7-8H2,1H3,(H2,24,25,27,28)/t11-/m0/s1. The molecule has 0 unspecified atom stereocenters. The molecular weight excluding hydrogens is 428 g/mol. The van der Waals surface area contributed by atoms with Gasteiger partial charge in [0, 0.05) is 23.3 Å². The van der Waals surface area contributed by atoms with E-state index in [1.165, 1.54) is 19.2 Å². The van der Waals surface area contributed by atoms with E-state index >= 15 is 0 Å². The van der Waals surface area contributed by atoms with Gasteiger partial charge in [-0.25, -0.2) is 9.18 Å². The van der Waals surface area contributed by atoms with Crippen LogP contribution < -0.4 is 11.2 Å². The first kappa shape index (κ1) is 22.1. The summed E-state index contributed by atoms with van der Waals surface area (Å²) in [6, 6.07) is 5.05. The first-order valence-corrected chi connectivity index (χ1v) is 9.57. The first-order chi connectivity index (χ1) is 14.2. The van der Waals surface area contributed by atoms with E-state index in [-0.39, 0.29) is 39.3 Å². The minimum absolute atomic E-state index is 0.0342. The lowest BCUT2D eigenvalue weighted by molar-refractivity contribution is -0.137. The van der Waals surface area contributed by atoms with Crippen molar-refractivity contribution in [3.63, 3.8) is 0 Å². The van der Waals surface area contributed by atoms with E-state index in [4.69, 9.17) is 4.74 Å². The molecule has 0 saturated heterocycles. The van der Waals surface area contributed by atoms with Crippen LogP contribution in [0.5, 0.6) is 0 Å². The maximum Gasteiger partial charge on any atom is 0.417 e. The third kappa shape index (κ3) is 4.42. The first-order valence-electron chi connectivity index (χ1n) is 8.58. The molecule has 0 bridgehead atoms. The number of methoxy groups -OCH3 is 1. The predicted octanol–water partition coefficient (Wildman–Crippen LogP) is 3.14. The highest BCUT2D eigenvalue weighted by Gasteiger charge is 2.36. The average Bonchev–Trinajstić information content (AvgIpc) is 2.68. The van der Waals surface area contributed by atoms with Gasteiger partial charge in [0.1, 0.15) is 5.82 Å². The topological polar surface area (TPSA) is 95.2 Å². The molecule has 1 atom stereocenters. The molecule has 0 amide bonds. The van der Waals surface area contributed by atoms with Gasteiger partial charge in [0.2, 0.25) is 0 Å². The molecule has 1 heterocycles. The highest BCUT2D eigenvalue weighted by Crippen LogP contribution is 2.45. The normalized spacial score (nSPS) is 13.0. The van der Waals surface area contributed by atoms with Gasteiger partial charge < -0.3 is 14.8 Å². The molecule has 11 heteroatoms. The van der Waals surface area contributed by atoms with Crippen molar-refractivity contribution in [2.24, 2.45) is 0 Å². The van der Waals surface area contributed by atoms with Crippen molar-refractivity contribution >= 4 is 22.7 Å². The van der Waals surface area contributed by atoms with Crippen LogP contribution in [0.4, 0.5) is 17.6 Å². The van der Waals surface area contributed by atoms with E-state index in [0.717, 1.165) is 23.9 Å². The summed E-state index contributed by atoms with van der Waals surface area (Å²) in [6.07, 6.45) is -5.54. The summed E-state index contributed by atoms with van der Waals surface area (Å²) in [4.78, 5) is 28.3. The Kier molecular flexibility index (Phi) is 6.34. The van der Waals surface area contributed by atoms with Crippen molar-refractivity contribution in [1.29, 1.82) is 0 Å². The SMILES string of the molecule is CO[C@@H](CO)CSc1c(-c2ccc(F)cc2)c(C(F)(F)F)cc2c(=O)[nH]c(=O)[nH]c12. The quantitative estimate of drug-likeness (QED) is 0.401. The predicted molar refractivity (Wildman–Crippen MR) is 104 cm³/mol. The second kappa shape index (κ2) is 8.62. The molecule has 0 aliphatic rings. The number of ether oxygens (including phenoxy) is 1. The Balaban J connectivity index is 2.41. The summed E-state index contributed by atoms with van der Waals surface area (Å²) in [5.74, 6) is -0.598. The van der Waals surface area contributed by atoms with Crippen LogP contribution in [0.2, 0.25) is 0 Å². The second-order valence-corrected chi connectivity index (χ2v) is 7.35. The van der Waals surface area contributed by atoms with Crippen LogP contribution >= 0.6 is 11.8 Å². The molecule has 1 aromatic heterocycles. The van der Waals surface area contributed by atoms with Gasteiger partial charge in [-0.15, -0.1) is 11.8 Å². The summed E-state index contributed by atoms with van der Waals surface area (Å²) < 4.78 is 60.2. The van der Waals surface area contributed by atoms with Gasteiger partial charge in [0.05, 0.1) is 29.2 Å². The molecule has 0 radical (unpaired) electrons. The van der Waals surface area contributed by atoms with Crippen molar-refractivity contribution in [2.75, 3.05) is 19.5 Å². The van der Waals surface area contributed by atoms with Gasteiger partial charge in [0.15, 0.2) is 0 Å². The van der Waals surface area contributed by atoms with Crippen LogP contribution in [0.1, 0.15) is 5.56 Å². The number of thioether (sulfide) groups is 1. The van der Waals surface area contributed by atoms with Gasteiger partial charge in [-0.3, -0.25) is 9.78 Å². The summed E-state index contributed by atoms with van der Waals surface area (Å²) in [6.45, 7) is -0.386. The number of aromatic nitrogens is 2. The fourth-order valence-electron chi connectivity index (χ4n) is 2.92. The smallest absolute Gasteiger partial charge is 0.394 e. The molecule has 0 spiro atoms. The fourth-order valence-corrected chi connectivity index (χ4v) is 4.19. The van der Waals surface area contributed by atoms with E-state index in [9.17, 15) is 32.3 Å². The van der Waals surface area contributed by atoms with E-state index in [1.54, 1.807) is 0 Å². The number of fused-ring (bicyclic) bond motifs is 1. The monoisotopic (exact) mass is 444 g/mol. The number of alkyl halides is 3. The van der Waals surface area contributed by atoms with Crippen LogP contribution in [0.3, 0.4) is 0 Å². The summed E-state index contributed by atoms with van der Waals surface area (Å²) in [7, 11) is 1.33. The van der Waals surface area contributed by atoms with Gasteiger partial charge in [0.25, 0.3) is 5.56 Å². The minimum atomic E-state index is -4.84. The van der Waals surface area contributed by atoms with Gasteiger partial charge >= 0.3 is 11.9 Å². The zero-order valence-corrected chi connectivity index (χ0v) is 16.3. The number of hydrogen-bond donors (Lipinski definition) is 3. The number of benzene rings is 2. The van der Waals surface area contributed by atoms with Crippen molar-refractivity contribution < 1.29 is 27.4 Å². The van der Waals surface area contributed by atoms with Gasteiger partial charge in [-0.1, -0.05) is 12.1 Å². The zero-order valence-electron chi connectivity index (χ0n) is 15.5. The molecule has 0 aliphatic carbocycles. The maximum absolute atomic E-state index is 13.9. The van der Waals surface area contributed by atoms with Crippen LogP contribution in [0.25, 0.3) is 22.0 Å². The largest absolute Gasteiger partial charge is 0.417 e. The number of H-pyrrole nitrogens is 2. The average molecular weight is 444 g/mol. The molecule has 3 rings (SSSR count). The molecular formula is C19H16F4N2O4S. The van der Waals surface area contributed by atoms with E-state index in [2.05, 4.69) is 4.98 Å². The molecule has 6 nitrogen and oxygen atoms in total. The number of rotatable bonds is 6. The molecule has 30 heavy (non-hydrogen) atoms. The van der Waals surface area contributed by atoms with Crippen LogP contribution in [-0.2, 0) is 10.9 Å². The van der Waals surface area contributed by atoms with Crippen molar-refractivity contribution in [2.45, 2.75) is 17.2 Å². The molecule has 160 valence electrons. The zero-order chi connectivity index (χ0) is 22.1. The number of halogens is 4. The summed E-state index contributed by atoms with van der Waals surface area (Å²) in [5, 5.41) is 8.98. The Labute approximate surface area is 170 Å². The molecule has 0 aliphatic heterocycles. The van der Waals surface area contributed by atoms with Crippen molar-refractivity contribution in [1.82, 2.24) is 9.97 Å². The number of aliphatic hydroxyl groups is 1. The molecule has 0 saturated carbocycles. The number of nitrogens with one attached hydrogen (secondary N) is 2. The summed E-state index contributed by atoms with van der Waals surface area (Å²) in [5.41, 5.74) is -3.32. The third-order valence-electron chi connectivity index (χ3n) is 4.38. The highest BCUT2D eigenvalue weighted by molar-refractivity contribution is 7.99. The lowest BCUT2D eigenvalue weighted by Gasteiger charge is -2.20. The Hall–Kier alpha value is -2.63. The van der Waals surface area contributed by atoms with Crippen LogP contribution in [-0.4, -0.2) is 40.6 Å². The molecule has 0 fully saturated rings. The van der Waals surface area contributed by atoms with Crippen LogP contribution in [0.15, 0.2) is 44.8 Å². The third-order valence-corrected chi connectivity index (χ3v) is 5.62. The highest BCUT2D eigenvalue weighted by atomic mass is 32.2. The Morgan fingerprint density at radius 2 is 1.83 bits per heavy atom. The lowest BCUT2D eigenvalue weighted by Crippen LogP contribution is -2.24. The minimum Gasteiger partial charge on any atom is -0.394 e.